The number of aryl methyl sites for hydroxylation is 1. The van der Waals surface area contributed by atoms with Crippen molar-refractivity contribution < 1.29 is 0 Å². The van der Waals surface area contributed by atoms with Crippen molar-refractivity contribution in [3.05, 3.63) is 46.1 Å². The van der Waals surface area contributed by atoms with Crippen LogP contribution < -0.4 is 5.73 Å². The monoisotopic (exact) mass is 279 g/mol. The fourth-order valence-electron chi connectivity index (χ4n) is 1.56. The summed E-state index contributed by atoms with van der Waals surface area (Å²) in [5, 5.41) is 4.20. The molecule has 84 valence electrons. The Kier molecular flexibility index (Phi) is 3.29. The van der Waals surface area contributed by atoms with Crippen LogP contribution in [0.4, 0.5) is 5.82 Å². The van der Waals surface area contributed by atoms with Gasteiger partial charge in [0.1, 0.15) is 0 Å². The fourth-order valence-corrected chi connectivity index (χ4v) is 1.88. The van der Waals surface area contributed by atoms with E-state index in [4.69, 9.17) is 5.73 Å². The first kappa shape index (κ1) is 11.2. The predicted octanol–water partition coefficient (Wildman–Crippen LogP) is 2.84. The van der Waals surface area contributed by atoms with Gasteiger partial charge < -0.3 is 5.73 Å². The zero-order valence-electron chi connectivity index (χ0n) is 9.15. The zero-order valence-corrected chi connectivity index (χ0v) is 10.7. The van der Waals surface area contributed by atoms with E-state index in [0.29, 0.717) is 5.82 Å². The van der Waals surface area contributed by atoms with Gasteiger partial charge in [0.2, 0.25) is 0 Å². The summed E-state index contributed by atoms with van der Waals surface area (Å²) < 4.78 is 2.68. The molecule has 16 heavy (non-hydrogen) atoms. The van der Waals surface area contributed by atoms with Crippen LogP contribution in [-0.4, -0.2) is 9.78 Å². The average molecular weight is 280 g/mol. The molecule has 0 atom stereocenters. The van der Waals surface area contributed by atoms with Crippen LogP contribution in [0.5, 0.6) is 0 Å². The maximum absolute atomic E-state index is 5.66. The smallest absolute Gasteiger partial charge is 0.159 e. The average Bonchev–Trinajstić information content (AvgIpc) is 2.59. The van der Waals surface area contributed by atoms with Crippen molar-refractivity contribution in [2.75, 3.05) is 5.73 Å². The minimum Gasteiger partial charge on any atom is -0.381 e. The lowest BCUT2D eigenvalue weighted by molar-refractivity contribution is 0.689. The van der Waals surface area contributed by atoms with Crippen molar-refractivity contribution >= 4 is 21.7 Å². The minimum absolute atomic E-state index is 0.533. The third-order valence-electron chi connectivity index (χ3n) is 2.52. The van der Waals surface area contributed by atoms with E-state index in [1.54, 1.807) is 0 Å². The van der Waals surface area contributed by atoms with Crippen molar-refractivity contribution in [2.45, 2.75) is 19.9 Å². The predicted molar refractivity (Wildman–Crippen MR) is 69.3 cm³/mol. The molecule has 0 bridgehead atoms. The summed E-state index contributed by atoms with van der Waals surface area (Å²) in [5.41, 5.74) is 8.24. The Bertz CT molecular complexity index is 454. The number of rotatable bonds is 3. The third kappa shape index (κ3) is 2.44. The summed E-state index contributed by atoms with van der Waals surface area (Å²) in [7, 11) is 0. The Labute approximate surface area is 103 Å². The molecule has 1 heterocycles. The Morgan fingerprint density at radius 3 is 2.38 bits per heavy atom. The van der Waals surface area contributed by atoms with Crippen LogP contribution in [0.15, 0.2) is 34.9 Å². The Balaban J connectivity index is 2.14. The van der Waals surface area contributed by atoms with Gasteiger partial charge in [-0.05, 0) is 33.5 Å². The van der Waals surface area contributed by atoms with Gasteiger partial charge in [0.05, 0.1) is 11.0 Å². The highest BCUT2D eigenvalue weighted by Crippen LogP contribution is 2.17. The summed E-state index contributed by atoms with van der Waals surface area (Å²) in [6.07, 6.45) is 2.96. The van der Waals surface area contributed by atoms with E-state index in [1.165, 1.54) is 11.1 Å². The first-order valence-corrected chi connectivity index (χ1v) is 6.04. The quantitative estimate of drug-likeness (QED) is 0.939. The number of aromatic nitrogens is 2. The highest BCUT2D eigenvalue weighted by Gasteiger charge is 2.02. The molecule has 0 aliphatic carbocycles. The van der Waals surface area contributed by atoms with Gasteiger partial charge in [-0.15, -0.1) is 0 Å². The molecule has 0 saturated carbocycles. The van der Waals surface area contributed by atoms with Crippen molar-refractivity contribution in [1.82, 2.24) is 9.78 Å². The van der Waals surface area contributed by atoms with E-state index in [9.17, 15) is 0 Å². The Morgan fingerprint density at radius 1 is 1.25 bits per heavy atom. The molecule has 0 aliphatic rings. The number of anilines is 1. The van der Waals surface area contributed by atoms with E-state index >= 15 is 0 Å². The molecule has 2 N–H and O–H groups in total. The second-order valence-corrected chi connectivity index (χ2v) is 4.58. The van der Waals surface area contributed by atoms with Crippen molar-refractivity contribution in [2.24, 2.45) is 0 Å². The van der Waals surface area contributed by atoms with Crippen molar-refractivity contribution in [3.63, 3.8) is 0 Å². The highest BCUT2D eigenvalue weighted by molar-refractivity contribution is 9.10. The molecule has 0 unspecified atom stereocenters. The van der Waals surface area contributed by atoms with Crippen molar-refractivity contribution in [3.8, 4) is 0 Å². The van der Waals surface area contributed by atoms with E-state index in [-0.39, 0.29) is 0 Å². The lowest BCUT2D eigenvalue weighted by Gasteiger charge is -2.02. The van der Waals surface area contributed by atoms with E-state index in [2.05, 4.69) is 52.2 Å². The lowest BCUT2D eigenvalue weighted by atomic mass is 10.1. The Hall–Kier alpha value is -1.29. The second-order valence-electron chi connectivity index (χ2n) is 3.73. The summed E-state index contributed by atoms with van der Waals surface area (Å²) in [6, 6.07) is 8.56. The summed E-state index contributed by atoms with van der Waals surface area (Å²) in [5.74, 6) is 0.533. The van der Waals surface area contributed by atoms with E-state index in [1.807, 2.05) is 10.9 Å². The van der Waals surface area contributed by atoms with Gasteiger partial charge in [0.15, 0.2) is 5.82 Å². The summed E-state index contributed by atoms with van der Waals surface area (Å²) in [6.45, 7) is 2.90. The maximum Gasteiger partial charge on any atom is 0.159 e. The van der Waals surface area contributed by atoms with Gasteiger partial charge in [-0.3, -0.25) is 4.68 Å². The molecule has 0 spiro atoms. The highest BCUT2D eigenvalue weighted by atomic mass is 79.9. The third-order valence-corrected chi connectivity index (χ3v) is 3.13. The van der Waals surface area contributed by atoms with Gasteiger partial charge in [0, 0.05) is 6.20 Å². The van der Waals surface area contributed by atoms with Gasteiger partial charge >= 0.3 is 0 Å². The molecule has 3 nitrogen and oxygen atoms in total. The lowest BCUT2D eigenvalue weighted by Crippen LogP contribution is -2.01. The van der Waals surface area contributed by atoms with Gasteiger partial charge in [-0.25, -0.2) is 0 Å². The van der Waals surface area contributed by atoms with E-state index in [0.717, 1.165) is 17.4 Å². The van der Waals surface area contributed by atoms with E-state index < -0.39 is 0 Å². The van der Waals surface area contributed by atoms with Crippen LogP contribution in [0, 0.1) is 0 Å². The first-order valence-electron chi connectivity index (χ1n) is 5.25. The zero-order chi connectivity index (χ0) is 11.5. The number of benzene rings is 1. The molecule has 0 fully saturated rings. The molecule has 0 amide bonds. The first-order chi connectivity index (χ1) is 7.69. The molecule has 4 heteroatoms. The minimum atomic E-state index is 0.533. The largest absolute Gasteiger partial charge is 0.381 e. The van der Waals surface area contributed by atoms with Crippen LogP contribution >= 0.6 is 15.9 Å². The molecule has 0 radical (unpaired) electrons. The fraction of sp³-hybridized carbons (Fsp3) is 0.250. The van der Waals surface area contributed by atoms with Crippen LogP contribution in [0.2, 0.25) is 0 Å². The topological polar surface area (TPSA) is 43.8 Å². The SMILES string of the molecule is CCc1ccc(Cn2cc(Br)c(N)n2)cc1. The maximum atomic E-state index is 5.66. The normalized spacial score (nSPS) is 10.6. The molecular weight excluding hydrogens is 266 g/mol. The van der Waals surface area contributed by atoms with Crippen LogP contribution in [0.3, 0.4) is 0 Å². The summed E-state index contributed by atoms with van der Waals surface area (Å²) >= 11 is 3.34. The molecule has 0 aliphatic heterocycles. The Morgan fingerprint density at radius 2 is 1.88 bits per heavy atom. The molecule has 0 saturated heterocycles. The van der Waals surface area contributed by atoms with Crippen molar-refractivity contribution in [1.29, 1.82) is 0 Å². The standard InChI is InChI=1S/C12H14BrN3/c1-2-9-3-5-10(6-4-9)7-16-8-11(13)12(14)15-16/h3-6,8H,2,7H2,1H3,(H2,14,15). The molecule has 1 aromatic carbocycles. The van der Waals surface area contributed by atoms with Crippen LogP contribution in [-0.2, 0) is 13.0 Å². The number of hydrogen-bond donors (Lipinski definition) is 1. The number of halogens is 1. The van der Waals surface area contributed by atoms with Crippen LogP contribution in [0.1, 0.15) is 18.1 Å². The van der Waals surface area contributed by atoms with Gasteiger partial charge in [0.25, 0.3) is 0 Å². The number of nitrogens with zero attached hydrogens (tertiary/aromatic N) is 2. The molecule has 2 rings (SSSR count). The summed E-state index contributed by atoms with van der Waals surface area (Å²) in [4.78, 5) is 0. The number of nitrogens with two attached hydrogens (primary N) is 1. The number of hydrogen-bond acceptors (Lipinski definition) is 2. The second kappa shape index (κ2) is 4.70. The van der Waals surface area contributed by atoms with Crippen LogP contribution in [0.25, 0.3) is 0 Å². The molecule has 1 aromatic heterocycles. The number of nitrogen functional groups attached to an aromatic ring is 1. The molecule has 2 aromatic rings. The van der Waals surface area contributed by atoms with Gasteiger partial charge in [-0.1, -0.05) is 31.2 Å². The van der Waals surface area contributed by atoms with Gasteiger partial charge in [-0.2, -0.15) is 5.10 Å². The molecular formula is C12H14BrN3.